The summed E-state index contributed by atoms with van der Waals surface area (Å²) in [7, 11) is 1.97. The van der Waals surface area contributed by atoms with E-state index >= 15 is 0 Å². The maximum Gasteiger partial charge on any atom is 0.254 e. The average molecular weight is 269 g/mol. The van der Waals surface area contributed by atoms with E-state index < -0.39 is 17.5 Å². The van der Waals surface area contributed by atoms with Gasteiger partial charge >= 0.3 is 0 Å². The van der Waals surface area contributed by atoms with Crippen molar-refractivity contribution in [3.05, 3.63) is 29.3 Å². The van der Waals surface area contributed by atoms with Crippen molar-refractivity contribution in [3.63, 3.8) is 0 Å². The SMILES string of the molecule is CN1CCCC(NC(=O)c2cc(N)c(F)cc2F)C1. The number of likely N-dealkylation sites (N-methyl/N-ethyl adjacent to an activating group) is 1. The van der Waals surface area contributed by atoms with Gasteiger partial charge in [-0.1, -0.05) is 0 Å². The highest BCUT2D eigenvalue weighted by Gasteiger charge is 2.21. The summed E-state index contributed by atoms with van der Waals surface area (Å²) in [6, 6.07) is 1.65. The summed E-state index contributed by atoms with van der Waals surface area (Å²) in [4.78, 5) is 14.1. The molecule has 3 N–H and O–H groups in total. The van der Waals surface area contributed by atoms with Gasteiger partial charge in [0.15, 0.2) is 0 Å². The Bertz CT molecular complexity index is 493. The van der Waals surface area contributed by atoms with Crippen molar-refractivity contribution in [1.29, 1.82) is 0 Å². The number of amides is 1. The second-order valence-electron chi connectivity index (χ2n) is 4.93. The van der Waals surface area contributed by atoms with Crippen LogP contribution in [0.4, 0.5) is 14.5 Å². The van der Waals surface area contributed by atoms with Crippen LogP contribution in [-0.2, 0) is 0 Å². The Labute approximate surface area is 110 Å². The number of nitrogens with one attached hydrogen (secondary N) is 1. The first-order valence-corrected chi connectivity index (χ1v) is 6.21. The molecule has 19 heavy (non-hydrogen) atoms. The molecule has 6 heteroatoms. The van der Waals surface area contributed by atoms with Crippen molar-refractivity contribution < 1.29 is 13.6 Å². The first-order valence-electron chi connectivity index (χ1n) is 6.21. The molecule has 0 spiro atoms. The second kappa shape index (κ2) is 5.52. The molecule has 0 bridgehead atoms. The summed E-state index contributed by atoms with van der Waals surface area (Å²) in [5, 5.41) is 2.75. The van der Waals surface area contributed by atoms with Crippen molar-refractivity contribution in [1.82, 2.24) is 10.2 Å². The monoisotopic (exact) mass is 269 g/mol. The normalized spacial score (nSPS) is 20.3. The van der Waals surface area contributed by atoms with Crippen LogP contribution in [0.15, 0.2) is 12.1 Å². The number of anilines is 1. The van der Waals surface area contributed by atoms with Crippen molar-refractivity contribution in [2.24, 2.45) is 0 Å². The van der Waals surface area contributed by atoms with Gasteiger partial charge in [0.25, 0.3) is 5.91 Å². The first kappa shape index (κ1) is 13.7. The molecule has 1 heterocycles. The number of hydrogen-bond donors (Lipinski definition) is 2. The van der Waals surface area contributed by atoms with Gasteiger partial charge in [0.05, 0.1) is 11.3 Å². The van der Waals surface area contributed by atoms with E-state index in [1.54, 1.807) is 0 Å². The minimum Gasteiger partial charge on any atom is -0.396 e. The molecule has 1 aromatic carbocycles. The molecular weight excluding hydrogens is 252 g/mol. The molecule has 1 amide bonds. The Kier molecular flexibility index (Phi) is 3.99. The van der Waals surface area contributed by atoms with E-state index in [4.69, 9.17) is 5.73 Å². The fraction of sp³-hybridized carbons (Fsp3) is 0.462. The topological polar surface area (TPSA) is 58.4 Å². The van der Waals surface area contributed by atoms with E-state index in [0.29, 0.717) is 6.07 Å². The number of likely N-dealkylation sites (tertiary alicyclic amines) is 1. The van der Waals surface area contributed by atoms with Gasteiger partial charge < -0.3 is 16.0 Å². The Morgan fingerprint density at radius 1 is 1.42 bits per heavy atom. The van der Waals surface area contributed by atoms with Crippen LogP contribution in [0.25, 0.3) is 0 Å². The van der Waals surface area contributed by atoms with E-state index in [1.165, 1.54) is 0 Å². The zero-order chi connectivity index (χ0) is 14.0. The quantitative estimate of drug-likeness (QED) is 0.797. The number of nitrogens with two attached hydrogens (primary N) is 1. The second-order valence-corrected chi connectivity index (χ2v) is 4.93. The Balaban J connectivity index is 2.09. The first-order chi connectivity index (χ1) is 8.97. The summed E-state index contributed by atoms with van der Waals surface area (Å²) < 4.78 is 26.6. The van der Waals surface area contributed by atoms with E-state index in [9.17, 15) is 13.6 Å². The maximum atomic E-state index is 13.5. The number of halogens is 2. The molecule has 1 aliphatic heterocycles. The molecule has 0 aromatic heterocycles. The molecule has 2 rings (SSSR count). The summed E-state index contributed by atoms with van der Waals surface area (Å²) in [5.74, 6) is -2.30. The van der Waals surface area contributed by atoms with Crippen LogP contribution in [0.2, 0.25) is 0 Å². The summed E-state index contributed by atoms with van der Waals surface area (Å²) in [5.41, 5.74) is 4.91. The lowest BCUT2D eigenvalue weighted by molar-refractivity contribution is 0.0908. The van der Waals surface area contributed by atoms with Crippen LogP contribution in [0.3, 0.4) is 0 Å². The van der Waals surface area contributed by atoms with Gasteiger partial charge in [-0.2, -0.15) is 0 Å². The maximum absolute atomic E-state index is 13.5. The van der Waals surface area contributed by atoms with Gasteiger partial charge in [0.2, 0.25) is 0 Å². The highest BCUT2D eigenvalue weighted by Crippen LogP contribution is 2.17. The fourth-order valence-corrected chi connectivity index (χ4v) is 2.29. The molecule has 0 saturated carbocycles. The van der Waals surface area contributed by atoms with Crippen LogP contribution in [0.5, 0.6) is 0 Å². The predicted molar refractivity (Wildman–Crippen MR) is 68.8 cm³/mol. The third-order valence-electron chi connectivity index (χ3n) is 3.29. The van der Waals surface area contributed by atoms with Gasteiger partial charge in [-0.25, -0.2) is 8.78 Å². The fourth-order valence-electron chi connectivity index (χ4n) is 2.29. The molecule has 1 saturated heterocycles. The van der Waals surface area contributed by atoms with Crippen molar-refractivity contribution in [2.75, 3.05) is 25.9 Å². The Morgan fingerprint density at radius 2 is 2.16 bits per heavy atom. The van der Waals surface area contributed by atoms with Crippen molar-refractivity contribution in [3.8, 4) is 0 Å². The zero-order valence-electron chi connectivity index (χ0n) is 10.7. The molecular formula is C13H17F2N3O. The number of hydrogen-bond acceptors (Lipinski definition) is 3. The van der Waals surface area contributed by atoms with Crippen LogP contribution >= 0.6 is 0 Å². The minimum absolute atomic E-state index is 0.0167. The van der Waals surface area contributed by atoms with Gasteiger partial charge in [-0.05, 0) is 32.5 Å². The number of nitrogen functional groups attached to an aromatic ring is 1. The highest BCUT2D eigenvalue weighted by atomic mass is 19.1. The van der Waals surface area contributed by atoms with Gasteiger partial charge in [-0.15, -0.1) is 0 Å². The third-order valence-corrected chi connectivity index (χ3v) is 3.29. The van der Waals surface area contributed by atoms with Gasteiger partial charge in [-0.3, -0.25) is 4.79 Å². The molecule has 104 valence electrons. The van der Waals surface area contributed by atoms with Crippen molar-refractivity contribution in [2.45, 2.75) is 18.9 Å². The van der Waals surface area contributed by atoms with Crippen molar-refractivity contribution >= 4 is 11.6 Å². The highest BCUT2D eigenvalue weighted by molar-refractivity contribution is 5.95. The average Bonchev–Trinajstić information content (AvgIpc) is 2.33. The Hall–Kier alpha value is -1.69. The summed E-state index contributed by atoms with van der Waals surface area (Å²) in [6.07, 6.45) is 1.84. The molecule has 1 unspecified atom stereocenters. The van der Waals surface area contributed by atoms with Crippen LogP contribution in [-0.4, -0.2) is 37.0 Å². The smallest absolute Gasteiger partial charge is 0.254 e. The lowest BCUT2D eigenvalue weighted by Gasteiger charge is -2.30. The molecule has 0 radical (unpaired) electrons. The third kappa shape index (κ3) is 3.20. The number of carbonyl (C=O) groups is 1. The van der Waals surface area contributed by atoms with E-state index in [2.05, 4.69) is 10.2 Å². The van der Waals surface area contributed by atoms with Crippen LogP contribution in [0, 0.1) is 11.6 Å². The molecule has 1 aliphatic rings. The summed E-state index contributed by atoms with van der Waals surface area (Å²) in [6.45, 7) is 1.72. The van der Waals surface area contributed by atoms with Crippen LogP contribution < -0.4 is 11.1 Å². The standard InChI is InChI=1S/C13H17F2N3O/c1-18-4-2-3-8(7-18)17-13(19)9-5-12(16)11(15)6-10(9)14/h5-6,8H,2-4,7,16H2,1H3,(H,17,19). The zero-order valence-corrected chi connectivity index (χ0v) is 10.7. The van der Waals surface area contributed by atoms with Gasteiger partial charge in [0, 0.05) is 18.7 Å². The number of benzene rings is 1. The molecule has 4 nitrogen and oxygen atoms in total. The molecule has 1 fully saturated rings. The van der Waals surface area contributed by atoms with E-state index in [1.807, 2.05) is 7.05 Å². The van der Waals surface area contributed by atoms with Gasteiger partial charge in [0.1, 0.15) is 11.6 Å². The number of nitrogens with zero attached hydrogens (tertiary/aromatic N) is 1. The molecule has 0 aliphatic carbocycles. The lowest BCUT2D eigenvalue weighted by atomic mass is 10.1. The largest absolute Gasteiger partial charge is 0.396 e. The number of piperidine rings is 1. The number of rotatable bonds is 2. The molecule has 1 atom stereocenters. The molecule has 1 aromatic rings. The minimum atomic E-state index is -0.895. The Morgan fingerprint density at radius 3 is 2.84 bits per heavy atom. The van der Waals surface area contributed by atoms with E-state index in [0.717, 1.165) is 32.0 Å². The summed E-state index contributed by atoms with van der Waals surface area (Å²) >= 11 is 0. The predicted octanol–water partition coefficient (Wildman–Crippen LogP) is 1.37. The number of carbonyl (C=O) groups excluding carboxylic acids is 1. The van der Waals surface area contributed by atoms with Crippen LogP contribution in [0.1, 0.15) is 23.2 Å². The lowest BCUT2D eigenvalue weighted by Crippen LogP contribution is -2.46. The van der Waals surface area contributed by atoms with E-state index in [-0.39, 0.29) is 17.3 Å².